The van der Waals surface area contributed by atoms with Gasteiger partial charge in [-0.2, -0.15) is 5.26 Å². The Bertz CT molecular complexity index is 35.0. The molecule has 0 aliphatic rings. The van der Waals surface area contributed by atoms with E-state index < -0.39 is 0 Å². The van der Waals surface area contributed by atoms with Crippen molar-refractivity contribution in [2.45, 2.75) is 0 Å². The van der Waals surface area contributed by atoms with Crippen LogP contribution in [0.2, 0.25) is 0 Å². The van der Waals surface area contributed by atoms with Crippen molar-refractivity contribution < 1.29 is 7.96 Å². The summed E-state index contributed by atoms with van der Waals surface area (Å²) in [7, 11) is 0. The van der Waals surface area contributed by atoms with Crippen molar-refractivity contribution in [2.24, 2.45) is 0 Å². The van der Waals surface area contributed by atoms with Gasteiger partial charge in [-0.3, -0.25) is 0 Å². The molecular weight excluding hydrogens is 66.3 g/mol. The van der Waals surface area contributed by atoms with E-state index in [4.69, 9.17) is 10.4 Å². The molecule has 0 heterocycles. The van der Waals surface area contributed by atoms with Crippen LogP contribution in [0.1, 0.15) is 2.85 Å². The minimum absolute atomic E-state index is 0. The largest absolute Gasteiger partial charge is 2.00 e. The van der Waals surface area contributed by atoms with Crippen molar-refractivity contribution in [1.29, 1.82) is 5.26 Å². The zero-order valence-corrected chi connectivity index (χ0v) is 3.52. The summed E-state index contributed by atoms with van der Waals surface area (Å²) in [5.74, 6) is 0. The first-order chi connectivity index (χ1) is 1.41. The van der Waals surface area contributed by atoms with E-state index in [1.54, 1.807) is 0 Å². The molecule has 0 fully saturated rings. The van der Waals surface area contributed by atoms with Crippen LogP contribution in [0.25, 0.3) is 0 Å². The maximum atomic E-state index is 6.88. The van der Waals surface area contributed by atoms with Crippen LogP contribution < -0.4 is 0 Å². The molecule has 2 nitrogen and oxygen atoms in total. The molecular formula is CH3MgNO. The molecule has 3 heteroatoms. The normalized spacial score (nSPS) is 1.75. The molecule has 0 bridgehead atoms. The fourth-order valence-electron chi connectivity index (χ4n) is 0. The summed E-state index contributed by atoms with van der Waals surface area (Å²) >= 11 is 0. The molecule has 0 saturated carbocycles. The summed E-state index contributed by atoms with van der Waals surface area (Å²) in [6.07, 6.45) is 0.750. The standard InChI is InChI=1S/CHNO.Mg.2H/c2-1-3;;;/h3H;;;/q;+2;2*-1. The Morgan fingerprint density at radius 1 is 2.00 bits per heavy atom. The van der Waals surface area contributed by atoms with Crippen LogP contribution in [0.4, 0.5) is 0 Å². The fourth-order valence-corrected chi connectivity index (χ4v) is 0. The van der Waals surface area contributed by atoms with E-state index in [-0.39, 0.29) is 25.9 Å². The summed E-state index contributed by atoms with van der Waals surface area (Å²) in [4.78, 5) is 0. The van der Waals surface area contributed by atoms with Crippen molar-refractivity contribution in [3.05, 3.63) is 0 Å². The van der Waals surface area contributed by atoms with Crippen LogP contribution in [0.3, 0.4) is 0 Å². The average molecular weight is 69.3 g/mol. The van der Waals surface area contributed by atoms with Gasteiger partial charge in [-0.1, -0.05) is 0 Å². The predicted molar refractivity (Wildman–Crippen MR) is 15.5 cm³/mol. The van der Waals surface area contributed by atoms with Crippen LogP contribution >= 0.6 is 0 Å². The summed E-state index contributed by atoms with van der Waals surface area (Å²) in [5, 5.41) is 13.8. The van der Waals surface area contributed by atoms with E-state index >= 15 is 0 Å². The number of hydrogen-bond acceptors (Lipinski definition) is 2. The third-order valence-electron chi connectivity index (χ3n) is 0. The van der Waals surface area contributed by atoms with Gasteiger partial charge in [0.1, 0.15) is 0 Å². The molecule has 0 aromatic carbocycles. The van der Waals surface area contributed by atoms with Crippen LogP contribution in [-0.4, -0.2) is 28.2 Å². The maximum Gasteiger partial charge on any atom is 2.00 e. The Labute approximate surface area is 43.2 Å². The smallest absolute Gasteiger partial charge is 1.00 e. The number of nitriles is 1. The number of aliphatic hydroxyl groups is 1. The Kier molecular flexibility index (Phi) is 25.9. The second kappa shape index (κ2) is 11.6. The molecule has 0 amide bonds. The van der Waals surface area contributed by atoms with E-state index in [2.05, 4.69) is 0 Å². The molecule has 4 heavy (non-hydrogen) atoms. The van der Waals surface area contributed by atoms with Crippen LogP contribution in [-0.2, 0) is 0 Å². The van der Waals surface area contributed by atoms with Gasteiger partial charge in [0.25, 0.3) is 6.26 Å². The van der Waals surface area contributed by atoms with Crippen molar-refractivity contribution in [3.8, 4) is 6.26 Å². The second-order valence-electron chi connectivity index (χ2n) is 0.100. The fraction of sp³-hybridized carbons (Fsp3) is 0. The first kappa shape index (κ1) is 8.96. The maximum absolute atomic E-state index is 6.88. The van der Waals surface area contributed by atoms with Gasteiger partial charge in [0.2, 0.25) is 0 Å². The quantitative estimate of drug-likeness (QED) is 0.313. The number of rotatable bonds is 0. The third kappa shape index (κ3) is 725. The van der Waals surface area contributed by atoms with Gasteiger partial charge in [0.05, 0.1) is 0 Å². The van der Waals surface area contributed by atoms with Crippen molar-refractivity contribution in [2.75, 3.05) is 0 Å². The van der Waals surface area contributed by atoms with E-state index in [0.29, 0.717) is 0 Å². The molecule has 1 N–H and O–H groups in total. The molecule has 0 spiro atoms. The number of hydrogen-bond donors (Lipinski definition) is 1. The first-order valence-corrected chi connectivity index (χ1v) is 0.447. The molecule has 0 atom stereocenters. The average Bonchev–Trinajstić information content (AvgIpc) is 0.918. The molecule has 0 saturated heterocycles. The van der Waals surface area contributed by atoms with E-state index in [0.717, 1.165) is 6.26 Å². The molecule has 0 aliphatic heterocycles. The zero-order valence-electron chi connectivity index (χ0n) is 4.10. The SMILES string of the molecule is N#CO.[H-].[H-].[Mg+2]. The molecule has 0 aliphatic carbocycles. The summed E-state index contributed by atoms with van der Waals surface area (Å²) in [6, 6.07) is 0. The zero-order chi connectivity index (χ0) is 2.71. The first-order valence-electron chi connectivity index (χ1n) is 0.447. The van der Waals surface area contributed by atoms with Gasteiger partial charge >= 0.3 is 23.1 Å². The Balaban J connectivity index is -0.00000000667. The van der Waals surface area contributed by atoms with Crippen molar-refractivity contribution in [1.82, 2.24) is 0 Å². The van der Waals surface area contributed by atoms with Gasteiger partial charge in [0, 0.05) is 0 Å². The van der Waals surface area contributed by atoms with Gasteiger partial charge in [-0.05, 0) is 0 Å². The molecule has 0 unspecified atom stereocenters. The monoisotopic (exact) mass is 69.0 g/mol. The Hall–Kier alpha value is 0.0562. The van der Waals surface area contributed by atoms with Crippen LogP contribution in [0, 0.1) is 11.5 Å². The van der Waals surface area contributed by atoms with E-state index in [9.17, 15) is 0 Å². The van der Waals surface area contributed by atoms with Gasteiger partial charge in [0.15, 0.2) is 0 Å². The summed E-state index contributed by atoms with van der Waals surface area (Å²) < 4.78 is 0. The summed E-state index contributed by atoms with van der Waals surface area (Å²) in [5.41, 5.74) is 0. The minimum Gasteiger partial charge on any atom is -1.00 e. The molecule has 0 rings (SSSR count). The number of nitrogens with zero attached hydrogens (tertiary/aromatic N) is 1. The van der Waals surface area contributed by atoms with Gasteiger partial charge in [-0.25, -0.2) is 0 Å². The van der Waals surface area contributed by atoms with E-state index in [1.165, 1.54) is 0 Å². The van der Waals surface area contributed by atoms with Gasteiger partial charge < -0.3 is 7.96 Å². The third-order valence-corrected chi connectivity index (χ3v) is 0. The van der Waals surface area contributed by atoms with E-state index in [1.807, 2.05) is 0 Å². The van der Waals surface area contributed by atoms with Crippen LogP contribution in [0.5, 0.6) is 0 Å². The minimum atomic E-state index is 0. The Morgan fingerprint density at radius 3 is 2.00 bits per heavy atom. The van der Waals surface area contributed by atoms with Crippen LogP contribution in [0.15, 0.2) is 0 Å². The topological polar surface area (TPSA) is 44.0 Å². The predicted octanol–water partition coefficient (Wildman–Crippen LogP) is -0.316. The summed E-state index contributed by atoms with van der Waals surface area (Å²) in [6.45, 7) is 0. The van der Waals surface area contributed by atoms with Crippen molar-refractivity contribution >= 4 is 23.1 Å². The molecule has 20 valence electrons. The molecule has 0 aromatic heterocycles. The Morgan fingerprint density at radius 2 is 2.00 bits per heavy atom. The number of aliphatic hydroxyl groups excluding tert-OH is 1. The molecule has 0 aromatic rings. The second-order valence-corrected chi connectivity index (χ2v) is 0.100. The molecule has 0 radical (unpaired) electrons. The van der Waals surface area contributed by atoms with Crippen molar-refractivity contribution in [3.63, 3.8) is 0 Å². The van der Waals surface area contributed by atoms with Gasteiger partial charge in [-0.15, -0.1) is 0 Å².